The molecule has 7 nitrogen and oxygen atoms in total. The number of rotatable bonds is 2. The number of aromatic amines is 1. The molecule has 4 rings (SSSR count). The second kappa shape index (κ2) is 6.79. The van der Waals surface area contributed by atoms with Crippen molar-refractivity contribution < 1.29 is 14.3 Å². The lowest BCUT2D eigenvalue weighted by molar-refractivity contribution is 0.0797. The van der Waals surface area contributed by atoms with E-state index in [0.717, 1.165) is 42.0 Å². The number of hydrogen-bond donors (Lipinski definition) is 2. The highest BCUT2D eigenvalue weighted by Gasteiger charge is 2.33. The molecule has 0 radical (unpaired) electrons. The number of ether oxygens (including phenoxy) is 2. The van der Waals surface area contributed by atoms with Crippen LogP contribution in [0.15, 0.2) is 24.4 Å². The summed E-state index contributed by atoms with van der Waals surface area (Å²) in [5.74, 6) is 1.52. The third kappa shape index (κ3) is 3.72. The Balaban J connectivity index is 1.49. The van der Waals surface area contributed by atoms with Crippen molar-refractivity contribution in [3.63, 3.8) is 0 Å². The van der Waals surface area contributed by atoms with Gasteiger partial charge < -0.3 is 19.7 Å². The fraction of sp³-hybridized carbons (Fsp3) is 0.500. The highest BCUT2D eigenvalue weighted by atomic mass is 16.5. The largest absolute Gasteiger partial charge is 0.497 e. The second-order valence-electron chi connectivity index (χ2n) is 7.95. The number of hydrogen-bond acceptors (Lipinski definition) is 4. The van der Waals surface area contributed by atoms with Gasteiger partial charge in [-0.3, -0.25) is 5.10 Å². The van der Waals surface area contributed by atoms with Crippen LogP contribution in [0.1, 0.15) is 37.1 Å². The van der Waals surface area contributed by atoms with Crippen LogP contribution in [0.3, 0.4) is 0 Å². The van der Waals surface area contributed by atoms with Crippen LogP contribution in [0.4, 0.5) is 4.79 Å². The Kier molecular flexibility index (Phi) is 4.45. The van der Waals surface area contributed by atoms with Gasteiger partial charge in [0.1, 0.15) is 17.1 Å². The molecule has 0 saturated carbocycles. The van der Waals surface area contributed by atoms with Crippen molar-refractivity contribution in [1.29, 1.82) is 0 Å². The minimum Gasteiger partial charge on any atom is -0.497 e. The first-order chi connectivity index (χ1) is 12.9. The Labute approximate surface area is 159 Å². The van der Waals surface area contributed by atoms with Crippen molar-refractivity contribution in [1.82, 2.24) is 20.4 Å². The minimum absolute atomic E-state index is 0.0525. The molecule has 2 aliphatic rings. The fourth-order valence-corrected chi connectivity index (χ4v) is 3.88. The minimum atomic E-state index is -0.488. The number of aromatic nitrogens is 2. The first-order valence-electron chi connectivity index (χ1n) is 9.36. The monoisotopic (exact) mass is 370 g/mol. The zero-order valence-corrected chi connectivity index (χ0v) is 16.0. The van der Waals surface area contributed by atoms with Gasteiger partial charge in [-0.25, -0.2) is 4.79 Å². The topological polar surface area (TPSA) is 79.5 Å². The maximum atomic E-state index is 13.0. The maximum absolute atomic E-state index is 13.0. The molecule has 1 unspecified atom stereocenters. The van der Waals surface area contributed by atoms with Crippen molar-refractivity contribution in [2.24, 2.45) is 0 Å². The number of nitrogens with one attached hydrogen (secondary N) is 2. The van der Waals surface area contributed by atoms with Gasteiger partial charge in [0, 0.05) is 29.8 Å². The Bertz CT molecular complexity index is 846. The SMILES string of the molecule is COc1ccc2c(c1)OC(C)(C)CN(C(=O)NC1CCc3cn[nH]c3C1)C2. The maximum Gasteiger partial charge on any atom is 0.318 e. The number of benzene rings is 1. The molecule has 2 heterocycles. The van der Waals surface area contributed by atoms with Crippen LogP contribution in [0.25, 0.3) is 0 Å². The summed E-state index contributed by atoms with van der Waals surface area (Å²) in [6.07, 6.45) is 4.55. The molecule has 2 N–H and O–H groups in total. The molecule has 1 atom stereocenters. The van der Waals surface area contributed by atoms with Gasteiger partial charge in [-0.2, -0.15) is 5.10 Å². The molecule has 0 fully saturated rings. The van der Waals surface area contributed by atoms with Crippen LogP contribution in [0.2, 0.25) is 0 Å². The van der Waals surface area contributed by atoms with Crippen LogP contribution in [-0.4, -0.2) is 46.4 Å². The average molecular weight is 370 g/mol. The molecular formula is C20H26N4O3. The third-order valence-electron chi connectivity index (χ3n) is 5.23. The van der Waals surface area contributed by atoms with E-state index in [9.17, 15) is 4.79 Å². The van der Waals surface area contributed by atoms with E-state index in [1.54, 1.807) is 7.11 Å². The molecule has 1 aliphatic carbocycles. The van der Waals surface area contributed by atoms with Crippen LogP contribution in [0, 0.1) is 0 Å². The van der Waals surface area contributed by atoms with E-state index in [4.69, 9.17) is 9.47 Å². The number of fused-ring (bicyclic) bond motifs is 2. The molecule has 27 heavy (non-hydrogen) atoms. The van der Waals surface area contributed by atoms with Crippen molar-refractivity contribution in [2.45, 2.75) is 51.3 Å². The van der Waals surface area contributed by atoms with Crippen LogP contribution >= 0.6 is 0 Å². The lowest BCUT2D eigenvalue weighted by Crippen LogP contribution is -2.50. The van der Waals surface area contributed by atoms with Gasteiger partial charge >= 0.3 is 6.03 Å². The molecule has 0 bridgehead atoms. The van der Waals surface area contributed by atoms with Crippen molar-refractivity contribution in [2.75, 3.05) is 13.7 Å². The molecule has 1 aliphatic heterocycles. The van der Waals surface area contributed by atoms with Crippen molar-refractivity contribution in [3.05, 3.63) is 41.2 Å². The molecular weight excluding hydrogens is 344 g/mol. The summed E-state index contributed by atoms with van der Waals surface area (Å²) < 4.78 is 11.5. The van der Waals surface area contributed by atoms with Gasteiger partial charge in [-0.15, -0.1) is 0 Å². The van der Waals surface area contributed by atoms with E-state index in [-0.39, 0.29) is 12.1 Å². The van der Waals surface area contributed by atoms with Gasteiger partial charge in [-0.05, 0) is 44.4 Å². The second-order valence-corrected chi connectivity index (χ2v) is 7.95. The number of H-pyrrole nitrogens is 1. The normalized spacial score (nSPS) is 20.7. The lowest BCUT2D eigenvalue weighted by Gasteiger charge is -2.31. The first kappa shape index (κ1) is 17.7. The molecule has 0 saturated heterocycles. The summed E-state index contributed by atoms with van der Waals surface area (Å²) in [4.78, 5) is 14.8. The number of aryl methyl sites for hydroxylation is 1. The molecule has 2 amide bonds. The van der Waals surface area contributed by atoms with E-state index in [1.165, 1.54) is 5.56 Å². The van der Waals surface area contributed by atoms with Crippen molar-refractivity contribution in [3.8, 4) is 11.5 Å². The Morgan fingerprint density at radius 2 is 2.26 bits per heavy atom. The molecule has 2 aromatic rings. The Morgan fingerprint density at radius 3 is 3.07 bits per heavy atom. The number of amides is 2. The standard InChI is InChI=1S/C20H26N4O3/c1-20(2)12-24(11-14-5-7-16(26-3)9-18(14)27-20)19(25)22-15-6-4-13-10-21-23-17(13)8-15/h5,7,9-10,15H,4,6,8,11-12H2,1-3H3,(H,21,23)(H,22,25). The van der Waals surface area contributed by atoms with Crippen LogP contribution < -0.4 is 14.8 Å². The molecule has 7 heteroatoms. The smallest absolute Gasteiger partial charge is 0.318 e. The van der Waals surface area contributed by atoms with Gasteiger partial charge in [0.2, 0.25) is 0 Å². The predicted octanol–water partition coefficient (Wildman–Crippen LogP) is 2.66. The molecule has 1 aromatic heterocycles. The predicted molar refractivity (Wildman–Crippen MR) is 101 cm³/mol. The van der Waals surface area contributed by atoms with Crippen LogP contribution in [-0.2, 0) is 19.4 Å². The Hall–Kier alpha value is -2.70. The highest BCUT2D eigenvalue weighted by molar-refractivity contribution is 5.75. The Morgan fingerprint density at radius 1 is 1.41 bits per heavy atom. The van der Waals surface area contributed by atoms with Crippen molar-refractivity contribution >= 4 is 6.03 Å². The molecule has 1 aromatic carbocycles. The van der Waals surface area contributed by atoms with E-state index < -0.39 is 5.60 Å². The fourth-order valence-electron chi connectivity index (χ4n) is 3.88. The van der Waals surface area contributed by atoms with E-state index in [2.05, 4.69) is 15.5 Å². The molecule has 0 spiro atoms. The summed E-state index contributed by atoms with van der Waals surface area (Å²) in [6, 6.07) is 5.82. The van der Waals surface area contributed by atoms with E-state index in [0.29, 0.717) is 13.1 Å². The number of carbonyl (C=O) groups is 1. The molecule has 144 valence electrons. The summed E-state index contributed by atoms with van der Waals surface area (Å²) in [6.45, 7) is 5.02. The van der Waals surface area contributed by atoms with E-state index >= 15 is 0 Å². The third-order valence-corrected chi connectivity index (χ3v) is 5.23. The van der Waals surface area contributed by atoms with Gasteiger partial charge in [-0.1, -0.05) is 0 Å². The number of methoxy groups -OCH3 is 1. The summed E-state index contributed by atoms with van der Waals surface area (Å²) in [5, 5.41) is 10.3. The summed E-state index contributed by atoms with van der Waals surface area (Å²) >= 11 is 0. The van der Waals surface area contributed by atoms with E-state index in [1.807, 2.05) is 43.1 Å². The zero-order chi connectivity index (χ0) is 19.0. The van der Waals surface area contributed by atoms with Crippen LogP contribution in [0.5, 0.6) is 11.5 Å². The summed E-state index contributed by atoms with van der Waals surface area (Å²) in [5.41, 5.74) is 2.88. The quantitative estimate of drug-likeness (QED) is 0.852. The zero-order valence-electron chi connectivity index (χ0n) is 16.0. The highest BCUT2D eigenvalue weighted by Crippen LogP contribution is 2.32. The lowest BCUT2D eigenvalue weighted by atomic mass is 9.94. The van der Waals surface area contributed by atoms with Gasteiger partial charge in [0.05, 0.1) is 26.4 Å². The van der Waals surface area contributed by atoms with Gasteiger partial charge in [0.15, 0.2) is 0 Å². The first-order valence-corrected chi connectivity index (χ1v) is 9.36. The van der Waals surface area contributed by atoms with Gasteiger partial charge in [0.25, 0.3) is 0 Å². The average Bonchev–Trinajstić information content (AvgIpc) is 3.04. The summed E-state index contributed by atoms with van der Waals surface area (Å²) in [7, 11) is 1.64. The number of urea groups is 1. The number of carbonyl (C=O) groups excluding carboxylic acids is 1. The number of nitrogens with zero attached hydrogens (tertiary/aromatic N) is 2.